The Kier molecular flexibility index (Phi) is 4.34. The van der Waals surface area contributed by atoms with E-state index in [9.17, 15) is 0 Å². The zero-order valence-corrected chi connectivity index (χ0v) is 13.1. The average Bonchev–Trinajstić information content (AvgIpc) is 2.49. The van der Waals surface area contributed by atoms with E-state index in [2.05, 4.69) is 41.4 Å². The van der Waals surface area contributed by atoms with Crippen molar-refractivity contribution in [1.29, 1.82) is 0 Å². The van der Waals surface area contributed by atoms with Crippen molar-refractivity contribution in [2.24, 2.45) is 0 Å². The second-order valence-electron chi connectivity index (χ2n) is 6.40. The molecular formula is C17H25ClN2. The van der Waals surface area contributed by atoms with Crippen LogP contribution < -0.4 is 5.32 Å². The lowest BCUT2D eigenvalue weighted by atomic mass is 9.74. The van der Waals surface area contributed by atoms with Crippen LogP contribution in [0.3, 0.4) is 0 Å². The summed E-state index contributed by atoms with van der Waals surface area (Å²) in [6, 6.07) is 9.20. The van der Waals surface area contributed by atoms with E-state index in [0.717, 1.165) is 24.7 Å². The minimum Gasteiger partial charge on any atom is -0.312 e. The van der Waals surface area contributed by atoms with Gasteiger partial charge in [0.25, 0.3) is 0 Å². The third-order valence-electron chi connectivity index (χ3n) is 5.04. The van der Waals surface area contributed by atoms with Gasteiger partial charge >= 0.3 is 0 Å². The van der Waals surface area contributed by atoms with E-state index in [1.807, 2.05) is 0 Å². The van der Waals surface area contributed by atoms with Crippen LogP contribution in [0.1, 0.15) is 44.6 Å². The molecule has 3 heteroatoms. The smallest absolute Gasteiger partial charge is 0.0461 e. The number of rotatable bonds is 2. The second kappa shape index (κ2) is 6.05. The lowest BCUT2D eigenvalue weighted by molar-refractivity contribution is 0.0244. The lowest BCUT2D eigenvalue weighted by Gasteiger charge is -2.50. The zero-order valence-electron chi connectivity index (χ0n) is 12.4. The van der Waals surface area contributed by atoms with Gasteiger partial charge < -0.3 is 5.32 Å². The maximum atomic E-state index is 6.08. The van der Waals surface area contributed by atoms with Crippen molar-refractivity contribution in [3.05, 3.63) is 34.9 Å². The maximum Gasteiger partial charge on any atom is 0.0461 e. The van der Waals surface area contributed by atoms with Crippen LogP contribution in [0.2, 0.25) is 5.02 Å². The molecule has 2 nitrogen and oxygen atoms in total. The van der Waals surface area contributed by atoms with Crippen LogP contribution >= 0.6 is 11.6 Å². The minimum absolute atomic E-state index is 0.249. The molecule has 3 rings (SSSR count). The van der Waals surface area contributed by atoms with E-state index in [1.54, 1.807) is 0 Å². The van der Waals surface area contributed by atoms with Crippen molar-refractivity contribution in [3.8, 4) is 0 Å². The first-order valence-electron chi connectivity index (χ1n) is 7.95. The average molecular weight is 293 g/mol. The number of benzene rings is 1. The van der Waals surface area contributed by atoms with Crippen LogP contribution in [-0.2, 0) is 5.54 Å². The monoisotopic (exact) mass is 292 g/mol. The highest BCUT2D eigenvalue weighted by Gasteiger charge is 2.40. The molecule has 0 amide bonds. The molecular weight excluding hydrogens is 268 g/mol. The molecule has 2 aliphatic rings. The van der Waals surface area contributed by atoms with Gasteiger partial charge in [-0.05, 0) is 37.5 Å². The summed E-state index contributed by atoms with van der Waals surface area (Å²) in [5.41, 5.74) is 1.72. The lowest BCUT2D eigenvalue weighted by Crippen LogP contribution is -2.58. The maximum absolute atomic E-state index is 6.08. The van der Waals surface area contributed by atoms with Crippen LogP contribution in [0, 0.1) is 0 Å². The molecule has 1 aliphatic carbocycles. The van der Waals surface area contributed by atoms with Gasteiger partial charge in [-0.2, -0.15) is 0 Å². The highest BCUT2D eigenvalue weighted by Crippen LogP contribution is 2.43. The van der Waals surface area contributed by atoms with E-state index in [-0.39, 0.29) is 5.54 Å². The molecule has 0 spiro atoms. The Hall–Kier alpha value is -0.570. The number of hydrogen-bond acceptors (Lipinski definition) is 2. The summed E-state index contributed by atoms with van der Waals surface area (Å²) in [6.45, 7) is 5.72. The van der Waals surface area contributed by atoms with Gasteiger partial charge in [-0.15, -0.1) is 0 Å². The Bertz CT molecular complexity index is 437. The van der Waals surface area contributed by atoms with Gasteiger partial charge in [0.15, 0.2) is 0 Å². The first kappa shape index (κ1) is 14.4. The van der Waals surface area contributed by atoms with Crippen LogP contribution in [0.5, 0.6) is 0 Å². The van der Waals surface area contributed by atoms with Gasteiger partial charge in [0.2, 0.25) is 0 Å². The fourth-order valence-electron chi connectivity index (χ4n) is 4.01. The largest absolute Gasteiger partial charge is 0.312 e. The molecule has 20 heavy (non-hydrogen) atoms. The number of halogens is 1. The molecule has 1 saturated heterocycles. The summed E-state index contributed by atoms with van der Waals surface area (Å²) in [4.78, 5) is 2.73. The Morgan fingerprint density at radius 1 is 1.15 bits per heavy atom. The molecule has 110 valence electrons. The fraction of sp³-hybridized carbons (Fsp3) is 0.647. The molecule has 1 atom stereocenters. The van der Waals surface area contributed by atoms with Crippen molar-refractivity contribution < 1.29 is 0 Å². The Morgan fingerprint density at radius 2 is 1.85 bits per heavy atom. The highest BCUT2D eigenvalue weighted by molar-refractivity contribution is 6.30. The standard InChI is InChI=1S/C17H25ClN2/c1-14-13-20(12-11-19-14)17(9-3-2-4-10-17)15-5-7-16(18)8-6-15/h5-8,14,19H,2-4,9-13H2,1H3. The van der Waals surface area contributed by atoms with E-state index in [4.69, 9.17) is 11.6 Å². The van der Waals surface area contributed by atoms with Gasteiger partial charge in [0, 0.05) is 36.2 Å². The summed E-state index contributed by atoms with van der Waals surface area (Å²) >= 11 is 6.08. The Morgan fingerprint density at radius 3 is 2.50 bits per heavy atom. The summed E-state index contributed by atoms with van der Waals surface area (Å²) in [5.74, 6) is 0. The van der Waals surface area contributed by atoms with Gasteiger partial charge in [-0.3, -0.25) is 4.90 Å². The van der Waals surface area contributed by atoms with Crippen LogP contribution in [-0.4, -0.2) is 30.6 Å². The Labute approximate surface area is 127 Å². The summed E-state index contributed by atoms with van der Waals surface area (Å²) < 4.78 is 0. The van der Waals surface area contributed by atoms with E-state index in [1.165, 1.54) is 37.7 Å². The first-order valence-corrected chi connectivity index (χ1v) is 8.33. The molecule has 1 heterocycles. The fourth-order valence-corrected chi connectivity index (χ4v) is 4.13. The molecule has 1 unspecified atom stereocenters. The Balaban J connectivity index is 1.93. The molecule has 0 aromatic heterocycles. The van der Waals surface area contributed by atoms with Gasteiger partial charge in [0.1, 0.15) is 0 Å². The summed E-state index contributed by atoms with van der Waals surface area (Å²) in [5, 5.41) is 4.41. The summed E-state index contributed by atoms with van der Waals surface area (Å²) in [7, 11) is 0. The third kappa shape index (κ3) is 2.74. The predicted octanol–water partition coefficient (Wildman–Crippen LogP) is 3.79. The molecule has 2 fully saturated rings. The number of hydrogen-bond donors (Lipinski definition) is 1. The van der Waals surface area contributed by atoms with Crippen molar-refractivity contribution >= 4 is 11.6 Å². The molecule has 1 saturated carbocycles. The normalized spacial score (nSPS) is 27.4. The van der Waals surface area contributed by atoms with E-state index >= 15 is 0 Å². The minimum atomic E-state index is 0.249. The van der Waals surface area contributed by atoms with Crippen molar-refractivity contribution in [3.63, 3.8) is 0 Å². The number of nitrogens with one attached hydrogen (secondary N) is 1. The second-order valence-corrected chi connectivity index (χ2v) is 6.84. The SMILES string of the molecule is CC1CN(C2(c3ccc(Cl)cc3)CCCCC2)CCN1. The molecule has 1 aromatic rings. The van der Waals surface area contributed by atoms with E-state index in [0.29, 0.717) is 6.04 Å². The van der Waals surface area contributed by atoms with Gasteiger partial charge in [-0.25, -0.2) is 0 Å². The van der Waals surface area contributed by atoms with Crippen molar-refractivity contribution in [1.82, 2.24) is 10.2 Å². The third-order valence-corrected chi connectivity index (χ3v) is 5.29. The molecule has 1 aromatic carbocycles. The zero-order chi connectivity index (χ0) is 14.0. The first-order chi connectivity index (χ1) is 9.71. The van der Waals surface area contributed by atoms with Crippen LogP contribution in [0.15, 0.2) is 24.3 Å². The predicted molar refractivity (Wildman–Crippen MR) is 85.3 cm³/mol. The van der Waals surface area contributed by atoms with Crippen molar-refractivity contribution in [2.75, 3.05) is 19.6 Å². The highest BCUT2D eigenvalue weighted by atomic mass is 35.5. The molecule has 0 radical (unpaired) electrons. The quantitative estimate of drug-likeness (QED) is 0.892. The summed E-state index contributed by atoms with van der Waals surface area (Å²) in [6.07, 6.45) is 6.67. The van der Waals surface area contributed by atoms with E-state index < -0.39 is 0 Å². The van der Waals surface area contributed by atoms with Gasteiger partial charge in [0.05, 0.1) is 0 Å². The molecule has 1 N–H and O–H groups in total. The van der Waals surface area contributed by atoms with Gasteiger partial charge in [-0.1, -0.05) is 43.0 Å². The molecule has 0 bridgehead atoms. The number of piperazine rings is 1. The topological polar surface area (TPSA) is 15.3 Å². The number of nitrogens with zero attached hydrogens (tertiary/aromatic N) is 1. The van der Waals surface area contributed by atoms with Crippen LogP contribution in [0.25, 0.3) is 0 Å². The molecule has 1 aliphatic heterocycles. The van der Waals surface area contributed by atoms with Crippen molar-refractivity contribution in [2.45, 2.75) is 50.6 Å². The van der Waals surface area contributed by atoms with Crippen LogP contribution in [0.4, 0.5) is 0 Å².